The van der Waals surface area contributed by atoms with Crippen LogP contribution in [0.1, 0.15) is 12.0 Å². The Morgan fingerprint density at radius 1 is 1.09 bits per heavy atom. The molecule has 0 saturated carbocycles. The number of anilines is 1. The summed E-state index contributed by atoms with van der Waals surface area (Å²) in [6.45, 7) is 1.42. The maximum atomic E-state index is 13.5. The molecule has 1 fully saturated rings. The van der Waals surface area contributed by atoms with Gasteiger partial charge in [0.1, 0.15) is 0 Å². The summed E-state index contributed by atoms with van der Waals surface area (Å²) < 4.78 is 26.6. The van der Waals surface area contributed by atoms with Crippen molar-refractivity contribution >= 4 is 17.3 Å². The minimum Gasteiger partial charge on any atom is -0.370 e. The Hall–Kier alpha value is -1.65. The van der Waals surface area contributed by atoms with E-state index >= 15 is 0 Å². The number of benzene rings is 2. The molecular weight excluding hydrogens is 318 g/mol. The third-order valence-electron chi connectivity index (χ3n) is 4.25. The lowest BCUT2D eigenvalue weighted by atomic mass is 9.89. The lowest BCUT2D eigenvalue weighted by Crippen LogP contribution is -2.47. The van der Waals surface area contributed by atoms with Crippen LogP contribution < -0.4 is 10.6 Å². The van der Waals surface area contributed by atoms with Crippen molar-refractivity contribution in [3.05, 3.63) is 64.7 Å². The maximum absolute atomic E-state index is 13.5. The molecule has 2 unspecified atom stereocenters. The number of nitrogens with zero attached hydrogens (tertiary/aromatic N) is 1. The predicted molar refractivity (Wildman–Crippen MR) is 89.8 cm³/mol. The summed E-state index contributed by atoms with van der Waals surface area (Å²) in [6, 6.07) is 11.8. The van der Waals surface area contributed by atoms with Crippen LogP contribution in [0.5, 0.6) is 0 Å². The van der Waals surface area contributed by atoms with Gasteiger partial charge in [0.2, 0.25) is 0 Å². The van der Waals surface area contributed by atoms with Gasteiger partial charge in [0.15, 0.2) is 11.6 Å². The maximum Gasteiger partial charge on any atom is 0.160 e. The summed E-state index contributed by atoms with van der Waals surface area (Å²) in [4.78, 5) is 2.03. The molecule has 5 heteroatoms. The number of hydrogen-bond acceptors (Lipinski definition) is 2. The molecule has 3 rings (SSSR count). The Kier molecular flexibility index (Phi) is 4.83. The van der Waals surface area contributed by atoms with Crippen molar-refractivity contribution in [2.45, 2.75) is 18.9 Å². The minimum absolute atomic E-state index is 0.0149. The first-order valence-corrected chi connectivity index (χ1v) is 8.09. The molecular formula is C18H19ClF2N2. The summed E-state index contributed by atoms with van der Waals surface area (Å²) in [5.41, 5.74) is 8.01. The topological polar surface area (TPSA) is 29.3 Å². The summed E-state index contributed by atoms with van der Waals surface area (Å²) in [5, 5.41) is 0.722. The van der Waals surface area contributed by atoms with E-state index in [9.17, 15) is 8.78 Å². The second kappa shape index (κ2) is 6.85. The average Bonchev–Trinajstić information content (AvgIpc) is 2.49. The van der Waals surface area contributed by atoms with E-state index in [1.807, 2.05) is 29.2 Å². The van der Waals surface area contributed by atoms with Gasteiger partial charge >= 0.3 is 0 Å². The second-order valence-corrected chi connectivity index (χ2v) is 6.64. The fourth-order valence-corrected chi connectivity index (χ4v) is 3.50. The number of nitrogens with two attached hydrogens (primary N) is 1. The molecule has 0 bridgehead atoms. The van der Waals surface area contributed by atoms with Gasteiger partial charge in [-0.1, -0.05) is 23.7 Å². The van der Waals surface area contributed by atoms with Crippen LogP contribution in [0, 0.1) is 17.6 Å². The molecule has 1 aliphatic heterocycles. The van der Waals surface area contributed by atoms with E-state index in [2.05, 4.69) is 0 Å². The van der Waals surface area contributed by atoms with Crippen LogP contribution in [0.25, 0.3) is 0 Å². The first kappa shape index (κ1) is 16.2. The van der Waals surface area contributed by atoms with Crippen LogP contribution in [0.4, 0.5) is 14.5 Å². The largest absolute Gasteiger partial charge is 0.370 e. The average molecular weight is 337 g/mol. The molecule has 0 amide bonds. The van der Waals surface area contributed by atoms with Crippen molar-refractivity contribution in [2.24, 2.45) is 11.7 Å². The molecule has 122 valence electrons. The van der Waals surface area contributed by atoms with Crippen molar-refractivity contribution in [1.82, 2.24) is 0 Å². The van der Waals surface area contributed by atoms with Gasteiger partial charge in [-0.05, 0) is 48.6 Å². The van der Waals surface area contributed by atoms with Crippen LogP contribution >= 0.6 is 11.6 Å². The van der Waals surface area contributed by atoms with Gasteiger partial charge < -0.3 is 10.6 Å². The predicted octanol–water partition coefficient (Wildman–Crippen LogP) is 4.01. The van der Waals surface area contributed by atoms with Gasteiger partial charge in [-0.2, -0.15) is 0 Å². The highest BCUT2D eigenvalue weighted by Crippen LogP contribution is 2.27. The zero-order valence-corrected chi connectivity index (χ0v) is 13.4. The molecule has 2 N–H and O–H groups in total. The molecule has 23 heavy (non-hydrogen) atoms. The fourth-order valence-electron chi connectivity index (χ4n) is 3.28. The van der Waals surface area contributed by atoms with Gasteiger partial charge in [-0.3, -0.25) is 0 Å². The zero-order valence-electron chi connectivity index (χ0n) is 12.7. The van der Waals surface area contributed by atoms with E-state index in [4.69, 9.17) is 17.3 Å². The van der Waals surface area contributed by atoms with Crippen LogP contribution in [-0.2, 0) is 6.42 Å². The first-order valence-electron chi connectivity index (χ1n) is 7.71. The van der Waals surface area contributed by atoms with Crippen LogP contribution in [0.2, 0.25) is 5.02 Å². The Morgan fingerprint density at radius 2 is 1.91 bits per heavy atom. The molecule has 0 spiro atoms. The van der Waals surface area contributed by atoms with Gasteiger partial charge in [0.05, 0.1) is 0 Å². The van der Waals surface area contributed by atoms with E-state index in [1.54, 1.807) is 6.07 Å². The Balaban J connectivity index is 1.74. The number of halogens is 3. The quantitative estimate of drug-likeness (QED) is 0.917. The molecule has 1 heterocycles. The Morgan fingerprint density at radius 3 is 2.65 bits per heavy atom. The van der Waals surface area contributed by atoms with Gasteiger partial charge in [0.25, 0.3) is 0 Å². The molecule has 1 aliphatic rings. The lowest BCUT2D eigenvalue weighted by Gasteiger charge is -2.38. The van der Waals surface area contributed by atoms with Crippen molar-refractivity contribution in [1.29, 1.82) is 0 Å². The highest BCUT2D eigenvalue weighted by molar-refractivity contribution is 6.30. The summed E-state index contributed by atoms with van der Waals surface area (Å²) in [5.74, 6) is -1.30. The summed E-state index contributed by atoms with van der Waals surface area (Å²) in [7, 11) is 0. The Labute approximate surface area is 139 Å². The highest BCUT2D eigenvalue weighted by Gasteiger charge is 2.26. The molecule has 2 aromatic rings. The highest BCUT2D eigenvalue weighted by atomic mass is 35.5. The minimum atomic E-state index is -0.828. The number of hydrogen-bond donors (Lipinski definition) is 1. The van der Waals surface area contributed by atoms with Crippen LogP contribution in [0.15, 0.2) is 42.5 Å². The molecule has 2 atom stereocenters. The van der Waals surface area contributed by atoms with Crippen LogP contribution in [0.3, 0.4) is 0 Å². The lowest BCUT2D eigenvalue weighted by molar-refractivity contribution is 0.374. The normalized spacial score (nSPS) is 21.5. The first-order chi connectivity index (χ1) is 11.0. The van der Waals surface area contributed by atoms with E-state index in [0.717, 1.165) is 30.5 Å². The van der Waals surface area contributed by atoms with Gasteiger partial charge in [0, 0.05) is 35.9 Å². The number of rotatable bonds is 3. The summed E-state index contributed by atoms with van der Waals surface area (Å²) in [6.07, 6.45) is 1.78. The van der Waals surface area contributed by atoms with Crippen molar-refractivity contribution in [3.63, 3.8) is 0 Å². The van der Waals surface area contributed by atoms with Gasteiger partial charge in [-0.15, -0.1) is 0 Å². The van der Waals surface area contributed by atoms with E-state index in [0.29, 0.717) is 18.2 Å². The summed E-state index contributed by atoms with van der Waals surface area (Å²) >= 11 is 6.04. The molecule has 0 radical (unpaired) electrons. The monoisotopic (exact) mass is 336 g/mol. The SMILES string of the molecule is NC1CC(Cc2cccc(Cl)c2)CN(c2ccc(F)c(F)c2)C1. The van der Waals surface area contributed by atoms with E-state index in [-0.39, 0.29) is 6.04 Å². The van der Waals surface area contributed by atoms with E-state index < -0.39 is 11.6 Å². The third-order valence-corrected chi connectivity index (χ3v) is 4.49. The van der Waals surface area contributed by atoms with Crippen molar-refractivity contribution < 1.29 is 8.78 Å². The van der Waals surface area contributed by atoms with Crippen molar-refractivity contribution in [3.8, 4) is 0 Å². The molecule has 2 aromatic carbocycles. The Bertz CT molecular complexity index is 692. The fraction of sp³-hybridized carbons (Fsp3) is 0.333. The third kappa shape index (κ3) is 4.01. The smallest absolute Gasteiger partial charge is 0.160 e. The number of piperidine rings is 1. The standard InChI is InChI=1S/C18H19ClF2N2/c19-14-3-1-2-12(7-14)6-13-8-15(22)11-23(10-13)16-4-5-17(20)18(21)9-16/h1-5,7,9,13,15H,6,8,10-11,22H2. The van der Waals surface area contributed by atoms with Crippen LogP contribution in [-0.4, -0.2) is 19.1 Å². The molecule has 0 aromatic heterocycles. The molecule has 0 aliphatic carbocycles. The van der Waals surface area contributed by atoms with Gasteiger partial charge in [-0.25, -0.2) is 8.78 Å². The van der Waals surface area contributed by atoms with E-state index in [1.165, 1.54) is 11.6 Å². The molecule has 1 saturated heterocycles. The second-order valence-electron chi connectivity index (χ2n) is 6.20. The zero-order chi connectivity index (χ0) is 16.4. The molecule has 2 nitrogen and oxygen atoms in total. The van der Waals surface area contributed by atoms with Crippen molar-refractivity contribution in [2.75, 3.05) is 18.0 Å².